The molecule has 19 heavy (non-hydrogen) atoms. The highest BCUT2D eigenvalue weighted by molar-refractivity contribution is 9.10. The molecule has 2 unspecified atom stereocenters. The van der Waals surface area contributed by atoms with E-state index >= 15 is 0 Å². The third-order valence-electron chi connectivity index (χ3n) is 3.33. The molecule has 1 aromatic carbocycles. The van der Waals surface area contributed by atoms with E-state index in [0.717, 1.165) is 36.2 Å². The van der Waals surface area contributed by atoms with Gasteiger partial charge in [0.1, 0.15) is 12.4 Å². The van der Waals surface area contributed by atoms with Crippen LogP contribution in [0.5, 0.6) is 5.75 Å². The van der Waals surface area contributed by atoms with Gasteiger partial charge in [0.2, 0.25) is 0 Å². The van der Waals surface area contributed by atoms with E-state index in [9.17, 15) is 0 Å². The van der Waals surface area contributed by atoms with Gasteiger partial charge in [-0.15, -0.1) is 0 Å². The molecule has 0 bridgehead atoms. The summed E-state index contributed by atoms with van der Waals surface area (Å²) in [4.78, 5) is 0. The largest absolute Gasteiger partial charge is 0.491 e. The summed E-state index contributed by atoms with van der Waals surface area (Å²) in [5.74, 6) is 0.951. The topological polar surface area (TPSA) is 30.5 Å². The third kappa shape index (κ3) is 4.48. The first kappa shape index (κ1) is 14.8. The Labute approximate surface area is 123 Å². The Kier molecular flexibility index (Phi) is 5.67. The highest BCUT2D eigenvalue weighted by Crippen LogP contribution is 2.25. The Balaban J connectivity index is 1.94. The maximum atomic E-state index is 5.94. The molecule has 1 saturated heterocycles. The SMILES string of the molecule is CCNCc1cc(Br)ccc1OCC1CCC(C)O1. The van der Waals surface area contributed by atoms with Gasteiger partial charge in [-0.2, -0.15) is 0 Å². The van der Waals surface area contributed by atoms with E-state index in [0.29, 0.717) is 12.7 Å². The second-order valence-corrected chi connectivity index (χ2v) is 5.91. The standard InChI is InChI=1S/C15H22BrNO2/c1-3-17-9-12-8-13(16)5-7-15(12)18-10-14-6-4-11(2)19-14/h5,7-8,11,14,17H,3-4,6,9-10H2,1-2H3. The van der Waals surface area contributed by atoms with Crippen LogP contribution in [0, 0.1) is 0 Å². The van der Waals surface area contributed by atoms with Gasteiger partial charge in [0.05, 0.1) is 12.2 Å². The second kappa shape index (κ2) is 7.27. The Hall–Kier alpha value is -0.580. The van der Waals surface area contributed by atoms with E-state index in [1.165, 1.54) is 5.56 Å². The number of nitrogens with one attached hydrogen (secondary N) is 1. The van der Waals surface area contributed by atoms with Crippen molar-refractivity contribution in [3.63, 3.8) is 0 Å². The molecule has 0 amide bonds. The average molecular weight is 328 g/mol. The first-order chi connectivity index (χ1) is 9.19. The lowest BCUT2D eigenvalue weighted by Crippen LogP contribution is -2.19. The van der Waals surface area contributed by atoms with Crippen molar-refractivity contribution >= 4 is 15.9 Å². The van der Waals surface area contributed by atoms with Crippen LogP contribution in [0.3, 0.4) is 0 Å². The second-order valence-electron chi connectivity index (χ2n) is 4.99. The minimum atomic E-state index is 0.241. The number of ether oxygens (including phenoxy) is 2. The molecule has 0 aliphatic carbocycles. The number of benzene rings is 1. The lowest BCUT2D eigenvalue weighted by atomic mass is 10.2. The summed E-state index contributed by atoms with van der Waals surface area (Å²) in [6.45, 7) is 6.65. The molecular formula is C15H22BrNO2. The average Bonchev–Trinajstić information content (AvgIpc) is 2.81. The molecule has 4 heteroatoms. The number of rotatable bonds is 6. The Morgan fingerprint density at radius 2 is 2.26 bits per heavy atom. The summed E-state index contributed by atoms with van der Waals surface area (Å²) in [6.07, 6.45) is 2.85. The number of hydrogen-bond donors (Lipinski definition) is 1. The quantitative estimate of drug-likeness (QED) is 0.867. The van der Waals surface area contributed by atoms with Gasteiger partial charge < -0.3 is 14.8 Å². The maximum Gasteiger partial charge on any atom is 0.124 e. The molecule has 2 atom stereocenters. The van der Waals surface area contributed by atoms with E-state index in [1.54, 1.807) is 0 Å². The zero-order chi connectivity index (χ0) is 13.7. The monoisotopic (exact) mass is 327 g/mol. The molecule has 0 saturated carbocycles. The van der Waals surface area contributed by atoms with E-state index in [2.05, 4.69) is 41.2 Å². The van der Waals surface area contributed by atoms with Gasteiger partial charge in [0, 0.05) is 16.6 Å². The van der Waals surface area contributed by atoms with Gasteiger partial charge in [-0.25, -0.2) is 0 Å². The summed E-state index contributed by atoms with van der Waals surface area (Å²) in [5.41, 5.74) is 1.18. The zero-order valence-electron chi connectivity index (χ0n) is 11.6. The molecule has 0 radical (unpaired) electrons. The fraction of sp³-hybridized carbons (Fsp3) is 0.600. The molecule has 1 aromatic rings. The molecule has 1 aliphatic rings. The van der Waals surface area contributed by atoms with Crippen molar-refractivity contribution in [2.45, 2.75) is 45.4 Å². The third-order valence-corrected chi connectivity index (χ3v) is 3.83. The van der Waals surface area contributed by atoms with Crippen molar-refractivity contribution in [3.05, 3.63) is 28.2 Å². The molecule has 1 N–H and O–H groups in total. The predicted molar refractivity (Wildman–Crippen MR) is 80.6 cm³/mol. The minimum Gasteiger partial charge on any atom is -0.491 e. The molecule has 0 spiro atoms. The smallest absolute Gasteiger partial charge is 0.124 e. The summed E-state index contributed by atoms with van der Waals surface area (Å²) < 4.78 is 12.8. The van der Waals surface area contributed by atoms with Crippen molar-refractivity contribution in [1.82, 2.24) is 5.32 Å². The van der Waals surface area contributed by atoms with Crippen LogP contribution in [0.15, 0.2) is 22.7 Å². The van der Waals surface area contributed by atoms with Crippen LogP contribution in [-0.2, 0) is 11.3 Å². The molecule has 1 fully saturated rings. The summed E-state index contributed by atoms with van der Waals surface area (Å²) in [6, 6.07) is 6.15. The summed E-state index contributed by atoms with van der Waals surface area (Å²) in [5, 5.41) is 3.34. The van der Waals surface area contributed by atoms with Crippen LogP contribution in [0.25, 0.3) is 0 Å². The van der Waals surface area contributed by atoms with Gasteiger partial charge in [0.15, 0.2) is 0 Å². The van der Waals surface area contributed by atoms with Gasteiger partial charge in [0.25, 0.3) is 0 Å². The Bertz CT molecular complexity index is 411. The lowest BCUT2D eigenvalue weighted by Gasteiger charge is -2.16. The van der Waals surface area contributed by atoms with Crippen molar-refractivity contribution in [3.8, 4) is 5.75 Å². The van der Waals surface area contributed by atoms with Crippen LogP contribution >= 0.6 is 15.9 Å². The van der Waals surface area contributed by atoms with Crippen molar-refractivity contribution in [2.75, 3.05) is 13.2 Å². The van der Waals surface area contributed by atoms with Gasteiger partial charge in [-0.3, -0.25) is 0 Å². The molecule has 3 nitrogen and oxygen atoms in total. The van der Waals surface area contributed by atoms with Crippen LogP contribution in [0.1, 0.15) is 32.3 Å². The van der Waals surface area contributed by atoms with Crippen LogP contribution < -0.4 is 10.1 Å². The van der Waals surface area contributed by atoms with Crippen molar-refractivity contribution in [1.29, 1.82) is 0 Å². The van der Waals surface area contributed by atoms with Crippen molar-refractivity contribution in [2.24, 2.45) is 0 Å². The van der Waals surface area contributed by atoms with E-state index in [4.69, 9.17) is 9.47 Å². The molecule has 1 aliphatic heterocycles. The molecule has 2 rings (SSSR count). The molecule has 1 heterocycles. The van der Waals surface area contributed by atoms with E-state index < -0.39 is 0 Å². The highest BCUT2D eigenvalue weighted by Gasteiger charge is 2.22. The van der Waals surface area contributed by atoms with Gasteiger partial charge in [-0.1, -0.05) is 22.9 Å². The Morgan fingerprint density at radius 1 is 1.42 bits per heavy atom. The summed E-state index contributed by atoms with van der Waals surface area (Å²) >= 11 is 3.51. The van der Waals surface area contributed by atoms with E-state index in [1.807, 2.05) is 12.1 Å². The number of hydrogen-bond acceptors (Lipinski definition) is 3. The van der Waals surface area contributed by atoms with Crippen LogP contribution in [0.2, 0.25) is 0 Å². The first-order valence-electron chi connectivity index (χ1n) is 6.96. The predicted octanol–water partition coefficient (Wildman–Crippen LogP) is 3.50. The van der Waals surface area contributed by atoms with Crippen LogP contribution in [0.4, 0.5) is 0 Å². The molecular weight excluding hydrogens is 306 g/mol. The van der Waals surface area contributed by atoms with Crippen LogP contribution in [-0.4, -0.2) is 25.4 Å². The van der Waals surface area contributed by atoms with Gasteiger partial charge in [-0.05, 0) is 44.5 Å². The number of halogens is 1. The fourth-order valence-electron chi connectivity index (χ4n) is 2.28. The maximum absolute atomic E-state index is 5.94. The van der Waals surface area contributed by atoms with Gasteiger partial charge >= 0.3 is 0 Å². The normalized spacial score (nSPS) is 22.7. The fourth-order valence-corrected chi connectivity index (χ4v) is 2.69. The zero-order valence-corrected chi connectivity index (χ0v) is 13.2. The summed E-state index contributed by atoms with van der Waals surface area (Å²) in [7, 11) is 0. The lowest BCUT2D eigenvalue weighted by molar-refractivity contribution is 0.0262. The highest BCUT2D eigenvalue weighted by atomic mass is 79.9. The molecule has 0 aromatic heterocycles. The minimum absolute atomic E-state index is 0.241. The van der Waals surface area contributed by atoms with E-state index in [-0.39, 0.29) is 6.10 Å². The Morgan fingerprint density at radius 3 is 2.95 bits per heavy atom. The molecule has 106 valence electrons. The van der Waals surface area contributed by atoms with Crippen molar-refractivity contribution < 1.29 is 9.47 Å². The first-order valence-corrected chi connectivity index (χ1v) is 7.75.